The highest BCUT2D eigenvalue weighted by Gasteiger charge is 2.47. The molecule has 160 valence electrons. The smallest absolute Gasteiger partial charge is 0.295 e. The Morgan fingerprint density at radius 1 is 1.23 bits per heavy atom. The minimum absolute atomic E-state index is 0.0104. The first-order chi connectivity index (χ1) is 15.1. The summed E-state index contributed by atoms with van der Waals surface area (Å²) in [5.41, 5.74) is 0.412. The lowest BCUT2D eigenvalue weighted by Crippen LogP contribution is -2.31. The molecule has 8 nitrogen and oxygen atoms in total. The van der Waals surface area contributed by atoms with Crippen molar-refractivity contribution in [3.63, 3.8) is 0 Å². The number of furan rings is 1. The van der Waals surface area contributed by atoms with Crippen molar-refractivity contribution in [3.8, 4) is 5.75 Å². The summed E-state index contributed by atoms with van der Waals surface area (Å²) in [6, 6.07) is 9.39. The van der Waals surface area contributed by atoms with Crippen LogP contribution in [0.5, 0.6) is 5.75 Å². The van der Waals surface area contributed by atoms with Crippen LogP contribution in [0.15, 0.2) is 71.4 Å². The fraction of sp³-hybridized carbons (Fsp3) is 0.261. The van der Waals surface area contributed by atoms with Crippen LogP contribution in [-0.2, 0) is 16.1 Å². The zero-order valence-electron chi connectivity index (χ0n) is 17.1. The number of carbonyl (C=O) groups is 2. The van der Waals surface area contributed by atoms with Gasteiger partial charge in [0.15, 0.2) is 0 Å². The van der Waals surface area contributed by atoms with Crippen LogP contribution in [0.2, 0.25) is 0 Å². The van der Waals surface area contributed by atoms with Gasteiger partial charge >= 0.3 is 0 Å². The van der Waals surface area contributed by atoms with Gasteiger partial charge < -0.3 is 23.7 Å². The van der Waals surface area contributed by atoms with Crippen LogP contribution < -0.4 is 4.74 Å². The van der Waals surface area contributed by atoms with Gasteiger partial charge in [-0.15, -0.1) is 0 Å². The highest BCUT2D eigenvalue weighted by Crippen LogP contribution is 2.39. The van der Waals surface area contributed by atoms with E-state index in [0.717, 1.165) is 0 Å². The number of ketones is 1. The monoisotopic (exact) mass is 421 g/mol. The van der Waals surface area contributed by atoms with Crippen LogP contribution in [0, 0.1) is 0 Å². The summed E-state index contributed by atoms with van der Waals surface area (Å²) in [7, 11) is 0. The molecule has 0 saturated carbocycles. The number of aliphatic hydroxyl groups excluding tert-OH is 1. The minimum atomic E-state index is -0.798. The maximum Gasteiger partial charge on any atom is 0.295 e. The van der Waals surface area contributed by atoms with Crippen molar-refractivity contribution in [2.24, 2.45) is 0 Å². The zero-order chi connectivity index (χ0) is 21.8. The van der Waals surface area contributed by atoms with Gasteiger partial charge in [0.05, 0.1) is 24.8 Å². The van der Waals surface area contributed by atoms with E-state index in [1.54, 1.807) is 48.9 Å². The molecular formula is C23H23N3O5. The molecule has 8 heteroatoms. The Bertz CT molecular complexity index is 1090. The molecular weight excluding hydrogens is 398 g/mol. The van der Waals surface area contributed by atoms with E-state index in [2.05, 4.69) is 4.98 Å². The largest absolute Gasteiger partial charge is 0.507 e. The van der Waals surface area contributed by atoms with Gasteiger partial charge in [-0.25, -0.2) is 4.98 Å². The Morgan fingerprint density at radius 2 is 2.10 bits per heavy atom. The Kier molecular flexibility index (Phi) is 5.88. The summed E-state index contributed by atoms with van der Waals surface area (Å²) in [6.45, 7) is 3.30. The van der Waals surface area contributed by atoms with Crippen molar-refractivity contribution in [2.75, 3.05) is 13.2 Å². The first kappa shape index (κ1) is 20.5. The van der Waals surface area contributed by atoms with E-state index in [1.165, 1.54) is 11.2 Å². The lowest BCUT2D eigenvalue weighted by molar-refractivity contribution is -0.140. The first-order valence-corrected chi connectivity index (χ1v) is 10.1. The molecule has 31 heavy (non-hydrogen) atoms. The van der Waals surface area contributed by atoms with Gasteiger partial charge in [-0.3, -0.25) is 9.59 Å². The second-order valence-corrected chi connectivity index (χ2v) is 7.12. The van der Waals surface area contributed by atoms with Crippen molar-refractivity contribution in [3.05, 3.63) is 78.3 Å². The lowest BCUT2D eigenvalue weighted by Gasteiger charge is -2.23. The van der Waals surface area contributed by atoms with E-state index in [-0.39, 0.29) is 11.3 Å². The number of ether oxygens (including phenoxy) is 1. The summed E-state index contributed by atoms with van der Waals surface area (Å²) in [5.74, 6) is -0.656. The molecule has 4 rings (SSSR count). The first-order valence-electron chi connectivity index (χ1n) is 10.1. The number of amides is 1. The topological polar surface area (TPSA) is 97.8 Å². The van der Waals surface area contributed by atoms with Crippen LogP contribution in [0.1, 0.15) is 30.7 Å². The summed E-state index contributed by atoms with van der Waals surface area (Å²) in [5, 5.41) is 11.0. The molecule has 0 unspecified atom stereocenters. The van der Waals surface area contributed by atoms with E-state index in [1.807, 2.05) is 17.7 Å². The molecule has 0 radical (unpaired) electrons. The highest BCUT2D eigenvalue weighted by atomic mass is 16.5. The van der Waals surface area contributed by atoms with E-state index in [9.17, 15) is 14.7 Å². The third kappa shape index (κ3) is 4.09. The van der Waals surface area contributed by atoms with Crippen LogP contribution in [0.25, 0.3) is 5.76 Å². The average molecular weight is 421 g/mol. The van der Waals surface area contributed by atoms with E-state index in [0.29, 0.717) is 43.2 Å². The number of hydrogen-bond donors (Lipinski definition) is 1. The minimum Gasteiger partial charge on any atom is -0.507 e. The number of nitrogens with zero attached hydrogens (tertiary/aromatic N) is 3. The SMILES string of the molecule is CCOc1cccc(C(O)=C2C(=O)C(=O)N(CCCn3ccnc3)[C@@H]2c2ccco2)c1. The van der Waals surface area contributed by atoms with Crippen molar-refractivity contribution in [1.29, 1.82) is 0 Å². The molecule has 1 aliphatic rings. The number of likely N-dealkylation sites (tertiary alicyclic amines) is 1. The number of aliphatic hydroxyl groups is 1. The molecule has 0 bridgehead atoms. The Labute approximate surface area is 179 Å². The van der Waals surface area contributed by atoms with Crippen LogP contribution in [0.4, 0.5) is 0 Å². The molecule has 2 aromatic heterocycles. The fourth-order valence-electron chi connectivity index (χ4n) is 3.75. The molecule has 1 saturated heterocycles. The van der Waals surface area contributed by atoms with Crippen molar-refractivity contribution >= 4 is 17.4 Å². The lowest BCUT2D eigenvalue weighted by atomic mass is 9.99. The number of Topliss-reactive ketones (excluding diaryl/α,β-unsaturated/α-hetero) is 1. The fourth-order valence-corrected chi connectivity index (χ4v) is 3.75. The molecule has 1 aromatic carbocycles. The maximum atomic E-state index is 12.9. The molecule has 0 spiro atoms. The van der Waals surface area contributed by atoms with Crippen LogP contribution in [0.3, 0.4) is 0 Å². The number of benzene rings is 1. The number of aryl methyl sites for hydroxylation is 1. The predicted octanol–water partition coefficient (Wildman–Crippen LogP) is 3.39. The third-order valence-electron chi connectivity index (χ3n) is 5.15. The van der Waals surface area contributed by atoms with Crippen LogP contribution >= 0.6 is 0 Å². The van der Waals surface area contributed by atoms with Gasteiger partial charge in [0.25, 0.3) is 11.7 Å². The van der Waals surface area contributed by atoms with Crippen molar-refractivity contribution < 1.29 is 23.8 Å². The number of carbonyl (C=O) groups excluding carboxylic acids is 2. The standard InChI is InChI=1S/C23H23N3O5/c1-2-30-17-7-3-6-16(14-17)21(27)19-20(18-8-4-13-31-18)26(23(29)22(19)28)11-5-10-25-12-9-24-15-25/h3-4,6-9,12-15,20,27H,2,5,10-11H2,1H3/t20-/m1/s1. The van der Waals surface area contributed by atoms with Crippen molar-refractivity contribution in [2.45, 2.75) is 25.9 Å². The Morgan fingerprint density at radius 3 is 2.81 bits per heavy atom. The van der Waals surface area contributed by atoms with Crippen LogP contribution in [-0.4, -0.2) is 44.4 Å². The molecule has 1 fully saturated rings. The summed E-state index contributed by atoms with van der Waals surface area (Å²) in [4.78, 5) is 31.3. The quantitative estimate of drug-likeness (QED) is 0.340. The zero-order valence-corrected chi connectivity index (χ0v) is 17.1. The Hall–Kier alpha value is -3.81. The summed E-state index contributed by atoms with van der Waals surface area (Å²) >= 11 is 0. The average Bonchev–Trinajstić information content (AvgIpc) is 3.52. The molecule has 3 heterocycles. The molecule has 1 N–H and O–H groups in total. The van der Waals surface area contributed by atoms with Gasteiger partial charge in [-0.1, -0.05) is 12.1 Å². The van der Waals surface area contributed by atoms with Crippen molar-refractivity contribution in [1.82, 2.24) is 14.5 Å². The number of imidazole rings is 1. The second kappa shape index (κ2) is 8.91. The van der Waals surface area contributed by atoms with E-state index < -0.39 is 17.7 Å². The molecule has 1 aliphatic heterocycles. The molecule has 3 aromatic rings. The number of rotatable bonds is 8. The van der Waals surface area contributed by atoms with E-state index >= 15 is 0 Å². The molecule has 1 amide bonds. The third-order valence-corrected chi connectivity index (χ3v) is 5.15. The Balaban J connectivity index is 1.68. The maximum absolute atomic E-state index is 12.9. The van der Waals surface area contributed by atoms with Gasteiger partial charge in [0.1, 0.15) is 23.3 Å². The number of aromatic nitrogens is 2. The van der Waals surface area contributed by atoms with Gasteiger partial charge in [0.2, 0.25) is 0 Å². The van der Waals surface area contributed by atoms with Gasteiger partial charge in [-0.2, -0.15) is 0 Å². The molecule has 0 aliphatic carbocycles. The normalized spacial score (nSPS) is 18.0. The summed E-state index contributed by atoms with van der Waals surface area (Å²) < 4.78 is 12.9. The highest BCUT2D eigenvalue weighted by molar-refractivity contribution is 6.46. The van der Waals surface area contributed by atoms with E-state index in [4.69, 9.17) is 9.15 Å². The molecule has 1 atom stereocenters. The van der Waals surface area contributed by atoms with Gasteiger partial charge in [0, 0.05) is 31.0 Å². The van der Waals surface area contributed by atoms with Gasteiger partial charge in [-0.05, 0) is 37.6 Å². The number of hydrogen-bond acceptors (Lipinski definition) is 6. The second-order valence-electron chi connectivity index (χ2n) is 7.12. The predicted molar refractivity (Wildman–Crippen MR) is 112 cm³/mol. The summed E-state index contributed by atoms with van der Waals surface area (Å²) in [6.07, 6.45) is 7.32.